The lowest BCUT2D eigenvalue weighted by molar-refractivity contribution is -0.136. The predicted octanol–water partition coefficient (Wildman–Crippen LogP) is 0.607. The number of nitrogens with zero attached hydrogens (tertiary/aromatic N) is 3. The summed E-state index contributed by atoms with van der Waals surface area (Å²) in [5, 5.41) is 14.5. The van der Waals surface area contributed by atoms with Crippen LogP contribution in [0, 0.1) is 0 Å². The number of hydrogen-bond donors (Lipinski definition) is 2. The first-order chi connectivity index (χ1) is 11.1. The average Bonchev–Trinajstić information content (AvgIpc) is 3.07. The largest absolute Gasteiger partial charge is 0.366 e. The highest BCUT2D eigenvalue weighted by Crippen LogP contribution is 2.19. The number of amides is 1. The number of para-hydroxylation sites is 1. The molecule has 1 aromatic heterocycles. The van der Waals surface area contributed by atoms with E-state index >= 15 is 0 Å². The maximum absolute atomic E-state index is 12.3. The molecule has 1 aliphatic rings. The van der Waals surface area contributed by atoms with Gasteiger partial charge >= 0.3 is 0 Å². The van der Waals surface area contributed by atoms with Crippen LogP contribution < -0.4 is 10.6 Å². The zero-order valence-corrected chi connectivity index (χ0v) is 13.3. The topological polar surface area (TPSA) is 81.1 Å². The summed E-state index contributed by atoms with van der Waals surface area (Å²) >= 11 is 0. The van der Waals surface area contributed by atoms with Crippen LogP contribution >= 0.6 is 0 Å². The van der Waals surface area contributed by atoms with Gasteiger partial charge in [0, 0.05) is 13.1 Å². The van der Waals surface area contributed by atoms with E-state index in [0.29, 0.717) is 18.8 Å². The van der Waals surface area contributed by atoms with Crippen LogP contribution in [0.3, 0.4) is 0 Å². The Morgan fingerprint density at radius 3 is 2.87 bits per heavy atom. The highest BCUT2D eigenvalue weighted by molar-refractivity contribution is 5.82. The number of benzene rings is 1. The van der Waals surface area contributed by atoms with Gasteiger partial charge in [-0.15, -0.1) is 5.10 Å². The Kier molecular flexibility index (Phi) is 4.40. The van der Waals surface area contributed by atoms with Gasteiger partial charge in [-0.1, -0.05) is 23.4 Å². The van der Waals surface area contributed by atoms with Crippen LogP contribution in [0.4, 0.5) is 0 Å². The number of nitrogens with one attached hydrogen (secondary N) is 2. The fraction of sp³-hybridized carbons (Fsp3) is 0.438. The maximum atomic E-state index is 12.3. The zero-order chi connectivity index (χ0) is 16.3. The number of morpholine rings is 1. The van der Waals surface area contributed by atoms with E-state index in [1.54, 1.807) is 4.68 Å². The number of hydrogen-bond acceptors (Lipinski definition) is 5. The Bertz CT molecular complexity index is 662. The predicted molar refractivity (Wildman–Crippen MR) is 85.1 cm³/mol. The number of ether oxygens (including phenoxy) is 1. The van der Waals surface area contributed by atoms with Gasteiger partial charge in [0.05, 0.1) is 24.0 Å². The summed E-state index contributed by atoms with van der Waals surface area (Å²) in [6.07, 6.45) is 1.36. The first kappa shape index (κ1) is 15.6. The SMILES string of the molecule is CC(C)(NC(=O)C1CNCCO1)c1cn(-c2ccccc2)nn1. The Hall–Kier alpha value is -2.25. The van der Waals surface area contributed by atoms with Gasteiger partial charge in [-0.05, 0) is 26.0 Å². The number of rotatable bonds is 4. The lowest BCUT2D eigenvalue weighted by Gasteiger charge is -2.28. The summed E-state index contributed by atoms with van der Waals surface area (Å²) in [6, 6.07) is 9.73. The van der Waals surface area contributed by atoms with Gasteiger partial charge in [-0.3, -0.25) is 4.79 Å². The van der Waals surface area contributed by atoms with Crippen molar-refractivity contribution in [3.05, 3.63) is 42.2 Å². The lowest BCUT2D eigenvalue weighted by atomic mass is 10.0. The van der Waals surface area contributed by atoms with Crippen LogP contribution in [0.1, 0.15) is 19.5 Å². The summed E-state index contributed by atoms with van der Waals surface area (Å²) < 4.78 is 7.18. The molecule has 1 atom stereocenters. The number of carbonyl (C=O) groups is 1. The molecule has 1 aliphatic heterocycles. The van der Waals surface area contributed by atoms with Gasteiger partial charge in [-0.2, -0.15) is 0 Å². The van der Waals surface area contributed by atoms with Crippen molar-refractivity contribution in [3.8, 4) is 5.69 Å². The third kappa shape index (κ3) is 3.57. The van der Waals surface area contributed by atoms with Crippen molar-refractivity contribution < 1.29 is 9.53 Å². The number of aromatic nitrogens is 3. The second kappa shape index (κ2) is 6.47. The van der Waals surface area contributed by atoms with E-state index < -0.39 is 11.6 Å². The molecule has 2 N–H and O–H groups in total. The molecule has 7 nitrogen and oxygen atoms in total. The van der Waals surface area contributed by atoms with Crippen LogP contribution in [0.5, 0.6) is 0 Å². The van der Waals surface area contributed by atoms with Crippen LogP contribution in [0.15, 0.2) is 36.5 Å². The van der Waals surface area contributed by atoms with Crippen molar-refractivity contribution in [2.45, 2.75) is 25.5 Å². The molecule has 122 valence electrons. The molecule has 3 rings (SSSR count). The maximum Gasteiger partial charge on any atom is 0.251 e. The van der Waals surface area contributed by atoms with Gasteiger partial charge < -0.3 is 15.4 Å². The first-order valence-electron chi connectivity index (χ1n) is 7.69. The quantitative estimate of drug-likeness (QED) is 0.864. The highest BCUT2D eigenvalue weighted by atomic mass is 16.5. The molecular formula is C16H21N5O2. The molecule has 0 saturated carbocycles. The third-order valence-corrected chi connectivity index (χ3v) is 3.81. The second-order valence-corrected chi connectivity index (χ2v) is 6.06. The van der Waals surface area contributed by atoms with E-state index in [1.807, 2.05) is 50.4 Å². The summed E-state index contributed by atoms with van der Waals surface area (Å²) in [5.41, 5.74) is 0.983. The fourth-order valence-corrected chi connectivity index (χ4v) is 2.44. The van der Waals surface area contributed by atoms with E-state index in [4.69, 9.17) is 4.74 Å². The second-order valence-electron chi connectivity index (χ2n) is 6.06. The van der Waals surface area contributed by atoms with Gasteiger partial charge in [-0.25, -0.2) is 4.68 Å². The summed E-state index contributed by atoms with van der Waals surface area (Å²) in [5.74, 6) is -0.142. The monoisotopic (exact) mass is 315 g/mol. The third-order valence-electron chi connectivity index (χ3n) is 3.81. The van der Waals surface area contributed by atoms with E-state index in [2.05, 4.69) is 20.9 Å². The Morgan fingerprint density at radius 2 is 2.17 bits per heavy atom. The lowest BCUT2D eigenvalue weighted by Crippen LogP contribution is -2.52. The molecule has 7 heteroatoms. The minimum absolute atomic E-state index is 0.142. The first-order valence-corrected chi connectivity index (χ1v) is 7.69. The summed E-state index contributed by atoms with van der Waals surface area (Å²) in [7, 11) is 0. The minimum Gasteiger partial charge on any atom is -0.366 e. The van der Waals surface area contributed by atoms with Crippen molar-refractivity contribution in [3.63, 3.8) is 0 Å². The molecule has 2 aromatic rings. The van der Waals surface area contributed by atoms with Crippen molar-refractivity contribution in [1.82, 2.24) is 25.6 Å². The van der Waals surface area contributed by atoms with Crippen molar-refractivity contribution in [2.75, 3.05) is 19.7 Å². The van der Waals surface area contributed by atoms with Crippen LogP contribution in [0.2, 0.25) is 0 Å². The molecule has 2 heterocycles. The smallest absolute Gasteiger partial charge is 0.251 e. The molecular weight excluding hydrogens is 294 g/mol. The van der Waals surface area contributed by atoms with Crippen molar-refractivity contribution in [2.24, 2.45) is 0 Å². The molecule has 1 aromatic carbocycles. The van der Waals surface area contributed by atoms with Gasteiger partial charge in [0.15, 0.2) is 0 Å². The van der Waals surface area contributed by atoms with Crippen LogP contribution in [0.25, 0.3) is 5.69 Å². The van der Waals surface area contributed by atoms with Gasteiger partial charge in [0.1, 0.15) is 11.8 Å². The Morgan fingerprint density at radius 1 is 1.39 bits per heavy atom. The van der Waals surface area contributed by atoms with Gasteiger partial charge in [0.25, 0.3) is 5.91 Å². The standard InChI is InChI=1S/C16H21N5O2/c1-16(2,18-15(22)13-10-17-8-9-23-13)14-11-21(20-19-14)12-6-4-3-5-7-12/h3-7,11,13,17H,8-10H2,1-2H3,(H,18,22). The van der Waals surface area contributed by atoms with E-state index in [1.165, 1.54) is 0 Å². The highest BCUT2D eigenvalue weighted by Gasteiger charge is 2.31. The normalized spacial score (nSPS) is 18.6. The average molecular weight is 315 g/mol. The van der Waals surface area contributed by atoms with E-state index in [-0.39, 0.29) is 5.91 Å². The summed E-state index contributed by atoms with van der Waals surface area (Å²) in [4.78, 5) is 12.3. The van der Waals surface area contributed by atoms with Crippen LogP contribution in [-0.4, -0.2) is 46.7 Å². The van der Waals surface area contributed by atoms with Gasteiger partial charge in [0.2, 0.25) is 0 Å². The Balaban J connectivity index is 1.72. The molecule has 1 amide bonds. The van der Waals surface area contributed by atoms with Crippen molar-refractivity contribution >= 4 is 5.91 Å². The van der Waals surface area contributed by atoms with Crippen molar-refractivity contribution in [1.29, 1.82) is 0 Å². The Labute approximate surface area is 135 Å². The molecule has 1 unspecified atom stereocenters. The molecule has 0 aliphatic carbocycles. The summed E-state index contributed by atoms with van der Waals surface area (Å²) in [6.45, 7) is 5.65. The molecule has 0 radical (unpaired) electrons. The zero-order valence-electron chi connectivity index (χ0n) is 13.3. The fourth-order valence-electron chi connectivity index (χ4n) is 2.44. The van der Waals surface area contributed by atoms with Crippen LogP contribution in [-0.2, 0) is 15.1 Å². The molecule has 23 heavy (non-hydrogen) atoms. The van der Waals surface area contributed by atoms with E-state index in [9.17, 15) is 4.79 Å². The number of carbonyl (C=O) groups excluding carboxylic acids is 1. The molecule has 0 bridgehead atoms. The molecule has 0 spiro atoms. The molecule has 1 saturated heterocycles. The molecule has 1 fully saturated rings. The minimum atomic E-state index is -0.634. The van der Waals surface area contributed by atoms with E-state index in [0.717, 1.165) is 12.2 Å².